The van der Waals surface area contributed by atoms with E-state index in [0.29, 0.717) is 6.54 Å². The Bertz CT molecular complexity index is 864. The molecule has 0 spiro atoms. The number of rotatable bonds is 8. The zero-order valence-electron chi connectivity index (χ0n) is 15.8. The first kappa shape index (κ1) is 21.0. The van der Waals surface area contributed by atoms with Crippen LogP contribution in [0.2, 0.25) is 0 Å². The van der Waals surface area contributed by atoms with Crippen molar-refractivity contribution in [1.29, 1.82) is 0 Å². The van der Waals surface area contributed by atoms with Gasteiger partial charge in [0.05, 0.1) is 11.1 Å². The molecule has 0 unspecified atom stereocenters. The van der Waals surface area contributed by atoms with Gasteiger partial charge in [-0.25, -0.2) is 4.72 Å². The summed E-state index contributed by atoms with van der Waals surface area (Å²) in [5, 5.41) is 2.58. The van der Waals surface area contributed by atoms with Gasteiger partial charge in [-0.15, -0.1) is 0 Å². The van der Waals surface area contributed by atoms with Gasteiger partial charge in [0.1, 0.15) is 0 Å². The highest BCUT2D eigenvalue weighted by molar-refractivity contribution is 7.87. The molecule has 0 bridgehead atoms. The molecule has 0 radical (unpaired) electrons. The monoisotopic (exact) mass is 396 g/mol. The summed E-state index contributed by atoms with van der Waals surface area (Å²) < 4.78 is 26.5. The van der Waals surface area contributed by atoms with Gasteiger partial charge in [0, 0.05) is 39.3 Å². The van der Waals surface area contributed by atoms with E-state index >= 15 is 0 Å². The van der Waals surface area contributed by atoms with Crippen LogP contribution in [0.25, 0.3) is 0 Å². The molecule has 148 valence electrons. The second kappa shape index (κ2) is 8.15. The van der Waals surface area contributed by atoms with Gasteiger partial charge in [-0.3, -0.25) is 19.3 Å². The predicted octanol–water partition coefficient (Wildman–Crippen LogP) is 0.0644. The van der Waals surface area contributed by atoms with E-state index in [1.807, 2.05) is 13.8 Å². The molecule has 1 aliphatic heterocycles. The molecule has 10 heteroatoms. The second-order valence-corrected chi connectivity index (χ2v) is 8.78. The topological polar surface area (TPSA) is 116 Å². The Kier molecular flexibility index (Phi) is 6.34. The molecule has 1 heterocycles. The van der Waals surface area contributed by atoms with E-state index in [2.05, 4.69) is 10.0 Å². The van der Waals surface area contributed by atoms with Crippen LogP contribution in [0.4, 0.5) is 0 Å². The maximum atomic E-state index is 12.4. The van der Waals surface area contributed by atoms with Gasteiger partial charge in [0.2, 0.25) is 0 Å². The number of benzene rings is 1. The SMILES string of the molecule is CC(C)CN1C(=O)c2ccc(C(=O)NCCNS(=O)(=O)N(C)C)cc2C1=O. The largest absolute Gasteiger partial charge is 0.351 e. The Labute approximate surface area is 158 Å². The quantitative estimate of drug-likeness (QED) is 0.476. The molecule has 0 fully saturated rings. The van der Waals surface area contributed by atoms with Crippen LogP contribution in [0.5, 0.6) is 0 Å². The van der Waals surface area contributed by atoms with E-state index in [-0.39, 0.29) is 41.6 Å². The molecule has 1 aromatic carbocycles. The maximum Gasteiger partial charge on any atom is 0.278 e. The van der Waals surface area contributed by atoms with E-state index in [9.17, 15) is 22.8 Å². The Morgan fingerprint density at radius 1 is 1.11 bits per heavy atom. The van der Waals surface area contributed by atoms with Crippen molar-refractivity contribution in [2.24, 2.45) is 5.92 Å². The highest BCUT2D eigenvalue weighted by atomic mass is 32.2. The number of hydrogen-bond donors (Lipinski definition) is 2. The zero-order valence-corrected chi connectivity index (χ0v) is 16.6. The summed E-state index contributed by atoms with van der Waals surface area (Å²) in [7, 11) is -0.764. The molecule has 2 rings (SSSR count). The predicted molar refractivity (Wildman–Crippen MR) is 99.6 cm³/mol. The summed E-state index contributed by atoms with van der Waals surface area (Å²) in [6, 6.07) is 4.34. The average Bonchev–Trinajstić information content (AvgIpc) is 2.82. The van der Waals surface area contributed by atoms with Gasteiger partial charge in [0.25, 0.3) is 27.9 Å². The minimum Gasteiger partial charge on any atom is -0.351 e. The number of fused-ring (bicyclic) bond motifs is 1. The van der Waals surface area contributed by atoms with E-state index in [1.165, 1.54) is 37.2 Å². The van der Waals surface area contributed by atoms with E-state index < -0.39 is 22.0 Å². The molecule has 2 N–H and O–H groups in total. The van der Waals surface area contributed by atoms with Crippen LogP contribution in [0, 0.1) is 5.92 Å². The van der Waals surface area contributed by atoms with Gasteiger partial charge < -0.3 is 5.32 Å². The van der Waals surface area contributed by atoms with E-state index in [1.54, 1.807) is 0 Å². The average molecular weight is 396 g/mol. The first-order valence-electron chi connectivity index (χ1n) is 8.50. The summed E-state index contributed by atoms with van der Waals surface area (Å²) >= 11 is 0. The van der Waals surface area contributed by atoms with Crippen LogP contribution in [-0.4, -0.2) is 69.1 Å². The molecule has 0 aromatic heterocycles. The van der Waals surface area contributed by atoms with E-state index in [4.69, 9.17) is 0 Å². The Hall–Kier alpha value is -2.30. The lowest BCUT2D eigenvalue weighted by Gasteiger charge is -2.15. The number of carbonyl (C=O) groups excluding carboxylic acids is 3. The third-order valence-electron chi connectivity index (χ3n) is 3.96. The summed E-state index contributed by atoms with van der Waals surface area (Å²) in [5.74, 6) is -1.07. The minimum absolute atomic E-state index is 0.0246. The standard InChI is InChI=1S/C17H24N4O5S/c1-11(2)10-21-16(23)13-6-5-12(9-14(13)17(21)24)15(22)18-7-8-19-27(25,26)20(3)4/h5-6,9,11,19H,7-8,10H2,1-4H3,(H,18,22). The number of nitrogens with one attached hydrogen (secondary N) is 2. The number of carbonyl (C=O) groups is 3. The highest BCUT2D eigenvalue weighted by Gasteiger charge is 2.36. The molecular weight excluding hydrogens is 372 g/mol. The number of imide groups is 1. The molecule has 1 aliphatic rings. The van der Waals surface area contributed by atoms with Crippen molar-refractivity contribution < 1.29 is 22.8 Å². The van der Waals surface area contributed by atoms with Crippen molar-refractivity contribution in [1.82, 2.24) is 19.2 Å². The van der Waals surface area contributed by atoms with Crippen molar-refractivity contribution in [2.45, 2.75) is 13.8 Å². The lowest BCUT2D eigenvalue weighted by molar-refractivity contribution is 0.0636. The van der Waals surface area contributed by atoms with Crippen molar-refractivity contribution in [3.05, 3.63) is 34.9 Å². The summed E-state index contributed by atoms with van der Waals surface area (Å²) in [4.78, 5) is 38.2. The van der Waals surface area contributed by atoms with Crippen molar-refractivity contribution in [3.8, 4) is 0 Å². The Morgan fingerprint density at radius 3 is 2.33 bits per heavy atom. The van der Waals surface area contributed by atoms with Crippen LogP contribution in [0.3, 0.4) is 0 Å². The molecule has 0 saturated heterocycles. The van der Waals surface area contributed by atoms with Crippen molar-refractivity contribution in [3.63, 3.8) is 0 Å². The molecule has 0 saturated carbocycles. The lowest BCUT2D eigenvalue weighted by Crippen LogP contribution is -2.40. The van der Waals surface area contributed by atoms with Crippen LogP contribution in [-0.2, 0) is 10.2 Å². The molecule has 27 heavy (non-hydrogen) atoms. The second-order valence-electron chi connectivity index (χ2n) is 6.81. The van der Waals surface area contributed by atoms with Gasteiger partial charge in [-0.2, -0.15) is 12.7 Å². The number of hydrogen-bond acceptors (Lipinski definition) is 5. The van der Waals surface area contributed by atoms with Crippen LogP contribution in [0.1, 0.15) is 44.9 Å². The van der Waals surface area contributed by atoms with Crippen LogP contribution in [0.15, 0.2) is 18.2 Å². The third kappa shape index (κ3) is 4.71. The molecule has 0 aliphatic carbocycles. The lowest BCUT2D eigenvalue weighted by atomic mass is 10.1. The Balaban J connectivity index is 2.02. The summed E-state index contributed by atoms with van der Waals surface area (Å²) in [6.45, 7) is 4.24. The summed E-state index contributed by atoms with van der Waals surface area (Å²) in [6.07, 6.45) is 0. The van der Waals surface area contributed by atoms with Crippen molar-refractivity contribution >= 4 is 27.9 Å². The number of amides is 3. The molecule has 1 aromatic rings. The van der Waals surface area contributed by atoms with Gasteiger partial charge in [0.15, 0.2) is 0 Å². The summed E-state index contributed by atoms with van der Waals surface area (Å²) in [5.41, 5.74) is 0.731. The Morgan fingerprint density at radius 2 is 1.74 bits per heavy atom. The van der Waals surface area contributed by atoms with Crippen molar-refractivity contribution in [2.75, 3.05) is 33.7 Å². The van der Waals surface area contributed by atoms with Gasteiger partial charge in [-0.05, 0) is 24.1 Å². The van der Waals surface area contributed by atoms with Gasteiger partial charge >= 0.3 is 0 Å². The fraction of sp³-hybridized carbons (Fsp3) is 0.471. The fourth-order valence-corrected chi connectivity index (χ4v) is 3.17. The maximum absolute atomic E-state index is 12.4. The first-order valence-corrected chi connectivity index (χ1v) is 9.94. The first-order chi connectivity index (χ1) is 12.5. The molecule has 3 amide bonds. The minimum atomic E-state index is -3.55. The fourth-order valence-electron chi connectivity index (χ4n) is 2.55. The van der Waals surface area contributed by atoms with E-state index in [0.717, 1.165) is 4.31 Å². The molecule has 0 atom stereocenters. The molecule has 9 nitrogen and oxygen atoms in total. The molecular formula is C17H24N4O5S. The smallest absolute Gasteiger partial charge is 0.278 e. The zero-order chi connectivity index (χ0) is 20.4. The normalized spacial score (nSPS) is 14.2. The number of nitrogens with zero attached hydrogens (tertiary/aromatic N) is 2. The third-order valence-corrected chi connectivity index (χ3v) is 5.49. The van der Waals surface area contributed by atoms with Crippen LogP contribution < -0.4 is 10.0 Å². The van der Waals surface area contributed by atoms with Gasteiger partial charge in [-0.1, -0.05) is 13.8 Å². The highest BCUT2D eigenvalue weighted by Crippen LogP contribution is 2.24. The van der Waals surface area contributed by atoms with Crippen LogP contribution >= 0.6 is 0 Å².